The molecule has 2 bridgehead atoms. The highest BCUT2D eigenvalue weighted by atomic mass is 16.2. The minimum atomic E-state index is -0.203. The molecule has 5 nitrogen and oxygen atoms in total. The van der Waals surface area contributed by atoms with Crippen molar-refractivity contribution in [3.8, 4) is 0 Å². The van der Waals surface area contributed by atoms with Gasteiger partial charge in [-0.2, -0.15) is 0 Å². The van der Waals surface area contributed by atoms with Crippen molar-refractivity contribution in [2.24, 2.45) is 17.8 Å². The van der Waals surface area contributed by atoms with Crippen LogP contribution in [0.1, 0.15) is 44.9 Å². The first-order chi connectivity index (χ1) is 10.2. The van der Waals surface area contributed by atoms with E-state index in [2.05, 4.69) is 10.6 Å². The monoisotopic (exact) mass is 293 g/mol. The van der Waals surface area contributed by atoms with Crippen molar-refractivity contribution in [2.45, 2.75) is 44.9 Å². The zero-order valence-corrected chi connectivity index (χ0v) is 12.8. The summed E-state index contributed by atoms with van der Waals surface area (Å²) in [5.74, 6) is 2.73. The molecule has 0 aromatic rings. The fourth-order valence-corrected chi connectivity index (χ4v) is 4.40. The van der Waals surface area contributed by atoms with Crippen LogP contribution in [0.25, 0.3) is 0 Å². The van der Waals surface area contributed by atoms with Gasteiger partial charge in [0.05, 0.1) is 6.54 Å². The van der Waals surface area contributed by atoms with Gasteiger partial charge in [0, 0.05) is 19.6 Å². The maximum Gasteiger partial charge on any atom is 0.315 e. The molecule has 3 unspecified atom stereocenters. The molecule has 1 aliphatic heterocycles. The molecule has 3 aliphatic rings. The lowest BCUT2D eigenvalue weighted by atomic mass is 9.86. The summed E-state index contributed by atoms with van der Waals surface area (Å²) in [5, 5.41) is 5.57. The number of urea groups is 1. The van der Waals surface area contributed by atoms with Gasteiger partial charge in [0.2, 0.25) is 5.91 Å². The van der Waals surface area contributed by atoms with E-state index in [4.69, 9.17) is 0 Å². The van der Waals surface area contributed by atoms with Gasteiger partial charge in [-0.15, -0.1) is 0 Å². The molecule has 0 aromatic carbocycles. The number of rotatable bonds is 5. The van der Waals surface area contributed by atoms with Crippen LogP contribution in [0, 0.1) is 17.8 Å². The summed E-state index contributed by atoms with van der Waals surface area (Å²) in [6.45, 7) is 2.54. The Hall–Kier alpha value is -1.26. The smallest absolute Gasteiger partial charge is 0.315 e. The van der Waals surface area contributed by atoms with Crippen LogP contribution in [-0.4, -0.2) is 43.0 Å². The Balaban J connectivity index is 1.27. The third-order valence-electron chi connectivity index (χ3n) is 5.54. The highest BCUT2D eigenvalue weighted by Gasteiger charge is 2.38. The van der Waals surface area contributed by atoms with E-state index in [1.807, 2.05) is 4.90 Å². The first-order valence-electron chi connectivity index (χ1n) is 8.52. The van der Waals surface area contributed by atoms with E-state index in [0.29, 0.717) is 0 Å². The van der Waals surface area contributed by atoms with Gasteiger partial charge in [0.15, 0.2) is 0 Å². The average molecular weight is 293 g/mol. The quantitative estimate of drug-likeness (QED) is 0.811. The number of nitrogens with one attached hydrogen (secondary N) is 2. The van der Waals surface area contributed by atoms with Crippen molar-refractivity contribution in [3.63, 3.8) is 0 Å². The number of fused-ring (bicyclic) bond motifs is 2. The second kappa shape index (κ2) is 6.67. The normalized spacial score (nSPS) is 30.7. The average Bonchev–Trinajstić information content (AvgIpc) is 3.21. The summed E-state index contributed by atoms with van der Waals surface area (Å²) in [5.41, 5.74) is 0. The van der Waals surface area contributed by atoms with Crippen molar-refractivity contribution < 1.29 is 9.59 Å². The zero-order valence-electron chi connectivity index (χ0n) is 12.8. The molecule has 0 aromatic heterocycles. The maximum absolute atomic E-state index is 11.8. The molecule has 3 fully saturated rings. The second-order valence-corrected chi connectivity index (χ2v) is 6.92. The second-order valence-electron chi connectivity index (χ2n) is 6.92. The van der Waals surface area contributed by atoms with Crippen LogP contribution < -0.4 is 10.6 Å². The van der Waals surface area contributed by atoms with Crippen LogP contribution in [0.3, 0.4) is 0 Å². The zero-order chi connectivity index (χ0) is 14.7. The van der Waals surface area contributed by atoms with E-state index >= 15 is 0 Å². The van der Waals surface area contributed by atoms with Gasteiger partial charge in [0.25, 0.3) is 0 Å². The molecule has 21 heavy (non-hydrogen) atoms. The van der Waals surface area contributed by atoms with Crippen molar-refractivity contribution in [1.82, 2.24) is 15.5 Å². The molecule has 5 heteroatoms. The van der Waals surface area contributed by atoms with Crippen LogP contribution in [0.2, 0.25) is 0 Å². The van der Waals surface area contributed by atoms with Crippen LogP contribution in [0.4, 0.5) is 4.79 Å². The predicted octanol–water partition coefficient (Wildman–Crippen LogP) is 1.73. The van der Waals surface area contributed by atoms with Crippen molar-refractivity contribution in [3.05, 3.63) is 0 Å². The SMILES string of the molecule is O=C(NCCC1CC2CCC1C2)NCC(=O)N1CCCC1. The largest absolute Gasteiger partial charge is 0.341 e. The van der Waals surface area contributed by atoms with Gasteiger partial charge < -0.3 is 15.5 Å². The maximum atomic E-state index is 11.8. The fourth-order valence-electron chi connectivity index (χ4n) is 4.40. The van der Waals surface area contributed by atoms with Crippen LogP contribution >= 0.6 is 0 Å². The summed E-state index contributed by atoms with van der Waals surface area (Å²) >= 11 is 0. The van der Waals surface area contributed by atoms with E-state index in [-0.39, 0.29) is 18.5 Å². The summed E-state index contributed by atoms with van der Waals surface area (Å²) in [4.78, 5) is 25.3. The van der Waals surface area contributed by atoms with E-state index in [1.165, 1.54) is 25.7 Å². The van der Waals surface area contributed by atoms with Gasteiger partial charge in [-0.25, -0.2) is 4.79 Å². The topological polar surface area (TPSA) is 61.4 Å². The lowest BCUT2D eigenvalue weighted by molar-refractivity contribution is -0.128. The number of amides is 3. The first-order valence-corrected chi connectivity index (χ1v) is 8.52. The summed E-state index contributed by atoms with van der Waals surface area (Å²) in [6, 6.07) is -0.203. The molecular weight excluding hydrogens is 266 g/mol. The van der Waals surface area contributed by atoms with Gasteiger partial charge in [-0.05, 0) is 56.3 Å². The van der Waals surface area contributed by atoms with Gasteiger partial charge in [-0.3, -0.25) is 4.79 Å². The third kappa shape index (κ3) is 3.69. The van der Waals surface area contributed by atoms with Crippen molar-refractivity contribution >= 4 is 11.9 Å². The van der Waals surface area contributed by atoms with Gasteiger partial charge >= 0.3 is 6.03 Å². The molecule has 2 saturated carbocycles. The lowest BCUT2D eigenvalue weighted by Gasteiger charge is -2.21. The number of hydrogen-bond donors (Lipinski definition) is 2. The minimum absolute atomic E-state index is 0.0377. The highest BCUT2D eigenvalue weighted by Crippen LogP contribution is 2.49. The third-order valence-corrected chi connectivity index (χ3v) is 5.54. The van der Waals surface area contributed by atoms with E-state index in [9.17, 15) is 9.59 Å². The van der Waals surface area contributed by atoms with E-state index in [1.54, 1.807) is 0 Å². The molecule has 2 N–H and O–H groups in total. The van der Waals surface area contributed by atoms with Crippen LogP contribution in [0.5, 0.6) is 0 Å². The standard InChI is InChI=1S/C16H27N3O2/c20-15(19-7-1-2-8-19)11-18-16(21)17-6-5-14-10-12-3-4-13(14)9-12/h12-14H,1-11H2,(H2,17,18,21). The van der Waals surface area contributed by atoms with Gasteiger partial charge in [-0.1, -0.05) is 6.42 Å². The lowest BCUT2D eigenvalue weighted by Crippen LogP contribution is -2.43. The summed E-state index contributed by atoms with van der Waals surface area (Å²) < 4.78 is 0. The Morgan fingerprint density at radius 2 is 1.86 bits per heavy atom. The molecule has 1 heterocycles. The summed E-state index contributed by atoms with van der Waals surface area (Å²) in [7, 11) is 0. The van der Waals surface area contributed by atoms with Crippen LogP contribution in [0.15, 0.2) is 0 Å². The van der Waals surface area contributed by atoms with E-state index < -0.39 is 0 Å². The number of nitrogens with zero attached hydrogens (tertiary/aromatic N) is 1. The number of hydrogen-bond acceptors (Lipinski definition) is 2. The molecule has 1 saturated heterocycles. The highest BCUT2D eigenvalue weighted by molar-refractivity contribution is 5.84. The van der Waals surface area contributed by atoms with Gasteiger partial charge in [0.1, 0.15) is 0 Å². The molecule has 3 atom stereocenters. The number of likely N-dealkylation sites (tertiary alicyclic amines) is 1. The minimum Gasteiger partial charge on any atom is -0.341 e. The van der Waals surface area contributed by atoms with Crippen molar-refractivity contribution in [1.29, 1.82) is 0 Å². The van der Waals surface area contributed by atoms with Crippen LogP contribution in [-0.2, 0) is 4.79 Å². The predicted molar refractivity (Wildman–Crippen MR) is 80.8 cm³/mol. The molecule has 118 valence electrons. The molecule has 0 radical (unpaired) electrons. The Kier molecular flexibility index (Phi) is 4.66. The Morgan fingerprint density at radius 3 is 2.52 bits per heavy atom. The molecule has 2 aliphatic carbocycles. The van der Waals surface area contributed by atoms with Crippen molar-refractivity contribution in [2.75, 3.05) is 26.2 Å². The number of carbonyl (C=O) groups excluding carboxylic acids is 2. The molecule has 3 rings (SSSR count). The number of carbonyl (C=O) groups is 2. The first kappa shape index (κ1) is 14.7. The molecule has 0 spiro atoms. The summed E-state index contributed by atoms with van der Waals surface area (Å²) in [6.07, 6.45) is 8.86. The molecular formula is C16H27N3O2. The Morgan fingerprint density at radius 1 is 1.05 bits per heavy atom. The Bertz CT molecular complexity index is 393. The van der Waals surface area contributed by atoms with E-state index in [0.717, 1.165) is 56.7 Å². The fraction of sp³-hybridized carbons (Fsp3) is 0.875. The Labute approximate surface area is 126 Å². The molecule has 3 amide bonds.